The highest BCUT2D eigenvalue weighted by molar-refractivity contribution is 5.16. The number of rotatable bonds is 2. The average Bonchev–Trinajstić information content (AvgIpc) is 2.66. The largest absolute Gasteiger partial charge is 0.394 e. The third kappa shape index (κ3) is 1.69. The number of nitrogens with zero attached hydrogens (tertiary/aromatic N) is 1. The molecule has 0 radical (unpaired) electrons. The van der Waals surface area contributed by atoms with Gasteiger partial charge in [0, 0.05) is 23.5 Å². The van der Waals surface area contributed by atoms with Gasteiger partial charge in [-0.1, -0.05) is 12.8 Å². The Bertz CT molecular complexity index is 415. The maximum atomic E-state index is 11.4. The van der Waals surface area contributed by atoms with Gasteiger partial charge in [0.1, 0.15) is 0 Å². The van der Waals surface area contributed by atoms with Crippen LogP contribution in [0.1, 0.15) is 37.1 Å². The minimum Gasteiger partial charge on any atom is -0.394 e. The van der Waals surface area contributed by atoms with E-state index in [-0.39, 0.29) is 17.6 Å². The highest BCUT2D eigenvalue weighted by Crippen LogP contribution is 2.37. The first-order valence-electron chi connectivity index (χ1n) is 5.91. The molecule has 0 atom stereocenters. The first-order chi connectivity index (χ1) is 7.59. The number of hydrogen-bond donors (Lipinski definition) is 1. The quantitative estimate of drug-likeness (QED) is 0.826. The fourth-order valence-electron chi connectivity index (χ4n) is 3.09. The maximum absolute atomic E-state index is 11.4. The fourth-order valence-corrected chi connectivity index (χ4v) is 3.09. The van der Waals surface area contributed by atoms with Crippen LogP contribution in [0, 0.1) is 13.8 Å². The molecule has 3 nitrogen and oxygen atoms in total. The number of aromatic nitrogens is 1. The van der Waals surface area contributed by atoms with E-state index in [4.69, 9.17) is 0 Å². The molecule has 1 saturated carbocycles. The summed E-state index contributed by atoms with van der Waals surface area (Å²) >= 11 is 0. The molecule has 0 bridgehead atoms. The van der Waals surface area contributed by atoms with E-state index in [0.29, 0.717) is 0 Å². The number of aliphatic hydroxyl groups is 1. The summed E-state index contributed by atoms with van der Waals surface area (Å²) < 4.78 is 2.15. The molecule has 0 amide bonds. The van der Waals surface area contributed by atoms with Gasteiger partial charge in [-0.25, -0.2) is 0 Å². The molecule has 0 saturated heterocycles. The van der Waals surface area contributed by atoms with Crippen molar-refractivity contribution in [2.24, 2.45) is 0 Å². The van der Waals surface area contributed by atoms with Crippen molar-refractivity contribution in [2.75, 3.05) is 6.61 Å². The Morgan fingerprint density at radius 1 is 1.25 bits per heavy atom. The van der Waals surface area contributed by atoms with Crippen molar-refractivity contribution in [3.63, 3.8) is 0 Å². The molecule has 3 heteroatoms. The third-order valence-electron chi connectivity index (χ3n) is 3.71. The number of aliphatic hydroxyl groups excluding tert-OH is 1. The average molecular weight is 221 g/mol. The van der Waals surface area contributed by atoms with E-state index >= 15 is 0 Å². The molecule has 0 unspecified atom stereocenters. The van der Waals surface area contributed by atoms with E-state index in [1.165, 1.54) is 0 Å². The van der Waals surface area contributed by atoms with E-state index in [0.717, 1.165) is 37.1 Å². The van der Waals surface area contributed by atoms with Crippen LogP contribution < -0.4 is 5.43 Å². The summed E-state index contributed by atoms with van der Waals surface area (Å²) in [6.45, 7) is 4.06. The smallest absolute Gasteiger partial charge is 0.182 e. The molecule has 1 aliphatic rings. The number of hydrogen-bond acceptors (Lipinski definition) is 2. The van der Waals surface area contributed by atoms with Gasteiger partial charge in [0.15, 0.2) is 5.43 Å². The van der Waals surface area contributed by atoms with Gasteiger partial charge in [-0.3, -0.25) is 4.79 Å². The van der Waals surface area contributed by atoms with Crippen molar-refractivity contribution in [3.8, 4) is 0 Å². The second-order valence-electron chi connectivity index (χ2n) is 4.90. The summed E-state index contributed by atoms with van der Waals surface area (Å²) in [4.78, 5) is 11.4. The normalized spacial score (nSPS) is 18.9. The van der Waals surface area contributed by atoms with E-state index in [1.54, 1.807) is 12.1 Å². The molecule has 1 N–H and O–H groups in total. The second-order valence-corrected chi connectivity index (χ2v) is 4.90. The van der Waals surface area contributed by atoms with E-state index in [1.807, 2.05) is 13.8 Å². The Morgan fingerprint density at radius 2 is 1.75 bits per heavy atom. The van der Waals surface area contributed by atoms with Crippen LogP contribution in [0.15, 0.2) is 16.9 Å². The molecule has 88 valence electrons. The zero-order valence-corrected chi connectivity index (χ0v) is 9.99. The van der Waals surface area contributed by atoms with Gasteiger partial charge >= 0.3 is 0 Å². The van der Waals surface area contributed by atoms with Crippen LogP contribution in [-0.2, 0) is 5.54 Å². The summed E-state index contributed by atoms with van der Waals surface area (Å²) in [5.41, 5.74) is 1.81. The Hall–Kier alpha value is -1.09. The third-order valence-corrected chi connectivity index (χ3v) is 3.71. The number of aryl methyl sites for hydroxylation is 2. The Kier molecular flexibility index (Phi) is 2.89. The summed E-state index contributed by atoms with van der Waals surface area (Å²) in [7, 11) is 0. The van der Waals surface area contributed by atoms with E-state index in [9.17, 15) is 9.90 Å². The van der Waals surface area contributed by atoms with Crippen molar-refractivity contribution < 1.29 is 5.11 Å². The molecule has 0 spiro atoms. The standard InChI is InChI=1S/C13H19NO2/c1-10-7-12(16)8-11(2)14(10)13(9-15)5-3-4-6-13/h7-8,15H,3-6,9H2,1-2H3. The van der Waals surface area contributed by atoms with Gasteiger partial charge < -0.3 is 9.67 Å². The molecule has 0 aromatic carbocycles. The zero-order chi connectivity index (χ0) is 11.8. The predicted octanol–water partition coefficient (Wildman–Crippen LogP) is 1.73. The molecule has 1 fully saturated rings. The summed E-state index contributed by atoms with van der Waals surface area (Å²) in [5, 5.41) is 9.69. The molecule has 0 aliphatic heterocycles. The van der Waals surface area contributed by atoms with Gasteiger partial charge in [0.25, 0.3) is 0 Å². The molecule has 1 aromatic rings. The highest BCUT2D eigenvalue weighted by Gasteiger charge is 2.36. The summed E-state index contributed by atoms with van der Waals surface area (Å²) in [5.74, 6) is 0. The van der Waals surface area contributed by atoms with Crippen LogP contribution in [0.2, 0.25) is 0 Å². The van der Waals surface area contributed by atoms with Crippen LogP contribution in [-0.4, -0.2) is 16.3 Å². The summed E-state index contributed by atoms with van der Waals surface area (Å²) in [6.07, 6.45) is 4.33. The van der Waals surface area contributed by atoms with Crippen LogP contribution in [0.3, 0.4) is 0 Å². The first-order valence-corrected chi connectivity index (χ1v) is 5.91. The van der Waals surface area contributed by atoms with Gasteiger partial charge in [-0.15, -0.1) is 0 Å². The van der Waals surface area contributed by atoms with Crippen LogP contribution in [0.25, 0.3) is 0 Å². The van der Waals surface area contributed by atoms with Crippen molar-refractivity contribution >= 4 is 0 Å². The Labute approximate surface area is 95.7 Å². The molecular weight excluding hydrogens is 202 g/mol. The minimum atomic E-state index is -0.165. The monoisotopic (exact) mass is 221 g/mol. The maximum Gasteiger partial charge on any atom is 0.182 e. The molecule has 16 heavy (non-hydrogen) atoms. The van der Waals surface area contributed by atoms with E-state index in [2.05, 4.69) is 4.57 Å². The Balaban J connectivity index is 2.58. The molecular formula is C13H19NO2. The SMILES string of the molecule is Cc1cc(=O)cc(C)n1C1(CO)CCCC1. The molecule has 1 aromatic heterocycles. The predicted molar refractivity (Wildman–Crippen MR) is 63.7 cm³/mol. The van der Waals surface area contributed by atoms with Gasteiger partial charge in [-0.2, -0.15) is 0 Å². The van der Waals surface area contributed by atoms with Gasteiger partial charge in [-0.05, 0) is 26.7 Å². The molecule has 1 heterocycles. The molecule has 1 aliphatic carbocycles. The van der Waals surface area contributed by atoms with Crippen molar-refractivity contribution in [1.82, 2.24) is 4.57 Å². The second kappa shape index (κ2) is 4.06. The lowest BCUT2D eigenvalue weighted by Crippen LogP contribution is -2.37. The van der Waals surface area contributed by atoms with Crippen molar-refractivity contribution in [3.05, 3.63) is 33.7 Å². The lowest BCUT2D eigenvalue weighted by atomic mass is 9.96. The fraction of sp³-hybridized carbons (Fsp3) is 0.615. The van der Waals surface area contributed by atoms with Gasteiger partial charge in [0.2, 0.25) is 0 Å². The minimum absolute atomic E-state index is 0.0531. The van der Waals surface area contributed by atoms with Crippen LogP contribution in [0.5, 0.6) is 0 Å². The lowest BCUT2D eigenvalue weighted by Gasteiger charge is -2.34. The highest BCUT2D eigenvalue weighted by atomic mass is 16.3. The lowest BCUT2D eigenvalue weighted by molar-refractivity contribution is 0.132. The zero-order valence-electron chi connectivity index (χ0n) is 9.99. The first kappa shape index (κ1) is 11.4. The van der Waals surface area contributed by atoms with Crippen LogP contribution >= 0.6 is 0 Å². The van der Waals surface area contributed by atoms with Gasteiger partial charge in [0.05, 0.1) is 12.1 Å². The van der Waals surface area contributed by atoms with Crippen molar-refractivity contribution in [2.45, 2.75) is 45.1 Å². The summed E-state index contributed by atoms with van der Waals surface area (Å²) in [6, 6.07) is 3.31. The molecule has 2 rings (SSSR count). The topological polar surface area (TPSA) is 42.2 Å². The van der Waals surface area contributed by atoms with E-state index < -0.39 is 0 Å². The van der Waals surface area contributed by atoms with Crippen LogP contribution in [0.4, 0.5) is 0 Å². The van der Waals surface area contributed by atoms with Crippen molar-refractivity contribution in [1.29, 1.82) is 0 Å². The number of pyridine rings is 1. The Morgan fingerprint density at radius 3 is 2.19 bits per heavy atom.